The predicted octanol–water partition coefficient (Wildman–Crippen LogP) is 4.25. The number of hydrogen-bond acceptors (Lipinski definition) is 5. The molecule has 1 atom stereocenters. The number of hydrogen-bond donors (Lipinski definition) is 2. The third kappa shape index (κ3) is 3.16. The van der Waals surface area contributed by atoms with Crippen LogP contribution in [0.2, 0.25) is 0 Å². The number of fused-ring (bicyclic) bond motifs is 2. The Morgan fingerprint density at radius 3 is 2.66 bits per heavy atom. The van der Waals surface area contributed by atoms with E-state index in [-0.39, 0.29) is 11.1 Å². The van der Waals surface area contributed by atoms with Gasteiger partial charge in [-0.15, -0.1) is 0 Å². The van der Waals surface area contributed by atoms with Crippen molar-refractivity contribution in [2.45, 2.75) is 13.0 Å². The maximum absolute atomic E-state index is 14.5. The zero-order valence-electron chi connectivity index (χ0n) is 16.6. The molecule has 5 rings (SSSR count). The Morgan fingerprint density at radius 1 is 1.00 bits per heavy atom. The lowest BCUT2D eigenvalue weighted by Gasteiger charge is -2.21. The highest BCUT2D eigenvalue weighted by atomic mass is 19.2. The number of nitrogens with zero attached hydrogens (tertiary/aromatic N) is 4. The zero-order valence-corrected chi connectivity index (χ0v) is 16.6. The van der Waals surface area contributed by atoms with Gasteiger partial charge in [0, 0.05) is 11.8 Å². The zero-order chi connectivity index (χ0) is 22.4. The molecule has 0 aliphatic rings. The van der Waals surface area contributed by atoms with Gasteiger partial charge in [0.25, 0.3) is 5.56 Å². The fraction of sp³-hybridized carbons (Fsp3) is 0.0909. The Bertz CT molecular complexity index is 1540. The van der Waals surface area contributed by atoms with Crippen LogP contribution in [-0.2, 0) is 0 Å². The molecule has 7 nitrogen and oxygen atoms in total. The summed E-state index contributed by atoms with van der Waals surface area (Å²) in [5.74, 6) is -2.47. The average Bonchev–Trinajstić information content (AvgIpc) is 3.25. The Morgan fingerprint density at radius 2 is 1.84 bits per heavy atom. The summed E-state index contributed by atoms with van der Waals surface area (Å²) in [4.78, 5) is 28.7. The quantitative estimate of drug-likeness (QED) is 0.440. The first-order valence-electron chi connectivity index (χ1n) is 9.64. The molecule has 0 fully saturated rings. The number of aromatic nitrogens is 5. The third-order valence-corrected chi connectivity index (χ3v) is 5.20. The highest BCUT2D eigenvalue weighted by Crippen LogP contribution is 2.27. The number of imidazole rings is 1. The summed E-state index contributed by atoms with van der Waals surface area (Å²) < 4.78 is 43.2. The summed E-state index contributed by atoms with van der Waals surface area (Å²) in [5, 5.41) is 3.41. The molecule has 10 heteroatoms. The van der Waals surface area contributed by atoms with Crippen LogP contribution in [0.5, 0.6) is 0 Å². The molecule has 0 aliphatic carbocycles. The standard InChI is InChI=1S/C22H15F3N6O/c1-11(30-21-19-20(27-9-26-19)28-10-29-21)17-7-12-3-2-4-15(24)18(12)22(32)31(17)13-5-6-14(23)16(25)8-13/h2-11H,1H3,(H2,26,27,28,29,30)/t11-/m1/s1. The van der Waals surface area contributed by atoms with Crippen molar-refractivity contribution >= 4 is 27.8 Å². The molecule has 0 radical (unpaired) electrons. The van der Waals surface area contributed by atoms with Gasteiger partial charge < -0.3 is 10.3 Å². The SMILES string of the molecule is C[C@@H](Nc1ncnc2[nH]cnc12)c1cc2cccc(F)c2c(=O)n1-c1ccc(F)c(F)c1. The molecule has 0 amide bonds. The van der Waals surface area contributed by atoms with Crippen molar-refractivity contribution < 1.29 is 13.2 Å². The van der Waals surface area contributed by atoms with Gasteiger partial charge in [-0.2, -0.15) is 0 Å². The van der Waals surface area contributed by atoms with E-state index in [0.717, 1.165) is 16.7 Å². The van der Waals surface area contributed by atoms with Gasteiger partial charge in [0.2, 0.25) is 0 Å². The van der Waals surface area contributed by atoms with E-state index in [1.165, 1.54) is 30.9 Å². The van der Waals surface area contributed by atoms with E-state index < -0.39 is 29.1 Å². The normalized spacial score (nSPS) is 12.4. The minimum Gasteiger partial charge on any atom is -0.360 e. The first-order chi connectivity index (χ1) is 15.4. The minimum absolute atomic E-state index is 0.0651. The molecule has 0 aliphatic heterocycles. The predicted molar refractivity (Wildman–Crippen MR) is 113 cm³/mol. The first kappa shape index (κ1) is 19.7. The van der Waals surface area contributed by atoms with Crippen LogP contribution in [-0.4, -0.2) is 24.5 Å². The van der Waals surface area contributed by atoms with Crippen LogP contribution < -0.4 is 10.9 Å². The molecule has 32 heavy (non-hydrogen) atoms. The number of H-pyrrole nitrogens is 1. The van der Waals surface area contributed by atoms with Gasteiger partial charge >= 0.3 is 0 Å². The molecular formula is C22H15F3N6O. The molecule has 3 heterocycles. The van der Waals surface area contributed by atoms with E-state index in [1.54, 1.807) is 19.1 Å². The Hall–Kier alpha value is -4.21. The fourth-order valence-corrected chi connectivity index (χ4v) is 3.70. The van der Waals surface area contributed by atoms with Crippen molar-refractivity contribution in [3.8, 4) is 5.69 Å². The lowest BCUT2D eigenvalue weighted by Crippen LogP contribution is -2.26. The first-order valence-corrected chi connectivity index (χ1v) is 9.64. The van der Waals surface area contributed by atoms with Gasteiger partial charge in [-0.05, 0) is 36.6 Å². The van der Waals surface area contributed by atoms with E-state index in [0.29, 0.717) is 28.1 Å². The van der Waals surface area contributed by atoms with Gasteiger partial charge in [-0.3, -0.25) is 9.36 Å². The van der Waals surface area contributed by atoms with E-state index in [1.807, 2.05) is 0 Å². The average molecular weight is 436 g/mol. The second-order valence-electron chi connectivity index (χ2n) is 7.20. The third-order valence-electron chi connectivity index (χ3n) is 5.20. The van der Waals surface area contributed by atoms with Gasteiger partial charge in [0.05, 0.1) is 23.4 Å². The number of pyridine rings is 1. The Balaban J connectivity index is 1.73. The second-order valence-corrected chi connectivity index (χ2v) is 7.20. The van der Waals surface area contributed by atoms with Crippen molar-refractivity contribution in [2.24, 2.45) is 0 Å². The van der Waals surface area contributed by atoms with Gasteiger partial charge in [-0.1, -0.05) is 12.1 Å². The lowest BCUT2D eigenvalue weighted by molar-refractivity contribution is 0.507. The topological polar surface area (TPSA) is 88.5 Å². The lowest BCUT2D eigenvalue weighted by atomic mass is 10.1. The molecule has 2 N–H and O–H groups in total. The number of nitrogens with one attached hydrogen (secondary N) is 2. The second kappa shape index (κ2) is 7.49. The molecule has 0 bridgehead atoms. The molecule has 0 saturated heterocycles. The monoisotopic (exact) mass is 436 g/mol. The van der Waals surface area contributed by atoms with Crippen molar-refractivity contribution in [3.63, 3.8) is 0 Å². The molecule has 0 spiro atoms. The van der Waals surface area contributed by atoms with E-state index in [9.17, 15) is 18.0 Å². The molecule has 0 saturated carbocycles. The van der Waals surface area contributed by atoms with Crippen LogP contribution in [0, 0.1) is 17.5 Å². The van der Waals surface area contributed by atoms with Crippen LogP contribution in [0.25, 0.3) is 27.6 Å². The minimum atomic E-state index is -1.12. The van der Waals surface area contributed by atoms with Crippen LogP contribution in [0.4, 0.5) is 19.0 Å². The number of aromatic amines is 1. The van der Waals surface area contributed by atoms with Crippen molar-refractivity contribution in [2.75, 3.05) is 5.32 Å². The van der Waals surface area contributed by atoms with E-state index in [2.05, 4.69) is 25.3 Å². The summed E-state index contributed by atoms with van der Waals surface area (Å²) in [7, 11) is 0. The van der Waals surface area contributed by atoms with E-state index >= 15 is 0 Å². The number of rotatable bonds is 4. The van der Waals surface area contributed by atoms with Crippen molar-refractivity contribution in [3.05, 3.63) is 88.6 Å². The number of halogens is 3. The van der Waals surface area contributed by atoms with Gasteiger partial charge in [-0.25, -0.2) is 28.1 Å². The molecule has 160 valence electrons. The summed E-state index contributed by atoms with van der Waals surface area (Å²) in [6.07, 6.45) is 2.83. The Labute approximate surface area is 178 Å². The molecule has 0 unspecified atom stereocenters. The molecule has 3 aromatic heterocycles. The van der Waals surface area contributed by atoms with Crippen LogP contribution >= 0.6 is 0 Å². The maximum Gasteiger partial charge on any atom is 0.266 e. The van der Waals surface area contributed by atoms with Gasteiger partial charge in [0.15, 0.2) is 23.1 Å². The largest absolute Gasteiger partial charge is 0.360 e. The highest BCUT2D eigenvalue weighted by molar-refractivity contribution is 5.84. The molecular weight excluding hydrogens is 421 g/mol. The summed E-state index contributed by atoms with van der Waals surface area (Å²) in [6, 6.07) is 8.44. The number of anilines is 1. The van der Waals surface area contributed by atoms with Crippen molar-refractivity contribution in [1.29, 1.82) is 0 Å². The molecule has 5 aromatic rings. The van der Waals surface area contributed by atoms with Crippen molar-refractivity contribution in [1.82, 2.24) is 24.5 Å². The summed E-state index contributed by atoms with van der Waals surface area (Å²) >= 11 is 0. The summed E-state index contributed by atoms with van der Waals surface area (Å²) in [5.41, 5.74) is 0.778. The number of benzene rings is 2. The van der Waals surface area contributed by atoms with Crippen LogP contribution in [0.15, 0.2) is 59.9 Å². The fourth-order valence-electron chi connectivity index (χ4n) is 3.70. The van der Waals surface area contributed by atoms with E-state index in [4.69, 9.17) is 0 Å². The maximum atomic E-state index is 14.5. The van der Waals surface area contributed by atoms with Crippen LogP contribution in [0.3, 0.4) is 0 Å². The van der Waals surface area contributed by atoms with Crippen LogP contribution in [0.1, 0.15) is 18.7 Å². The highest BCUT2D eigenvalue weighted by Gasteiger charge is 2.20. The molecule has 2 aromatic carbocycles. The summed E-state index contributed by atoms with van der Waals surface area (Å²) in [6.45, 7) is 1.76. The Kier molecular flexibility index (Phi) is 4.62. The smallest absolute Gasteiger partial charge is 0.266 e. The van der Waals surface area contributed by atoms with Gasteiger partial charge in [0.1, 0.15) is 17.7 Å².